The number of rotatable bonds is 3. The molecule has 0 unspecified atom stereocenters. The number of hydrogen-bond donors (Lipinski definition) is 1. The van der Waals surface area contributed by atoms with Crippen molar-refractivity contribution in [3.63, 3.8) is 0 Å². The zero-order valence-corrected chi connectivity index (χ0v) is 10.7. The number of benzene rings is 1. The van der Waals surface area contributed by atoms with Crippen LogP contribution in [0, 0.1) is 11.6 Å². The highest BCUT2D eigenvalue weighted by Gasteiger charge is 2.14. The van der Waals surface area contributed by atoms with Crippen molar-refractivity contribution in [1.82, 2.24) is 9.97 Å². The highest BCUT2D eigenvalue weighted by molar-refractivity contribution is 5.65. The van der Waals surface area contributed by atoms with Crippen LogP contribution in [0.2, 0.25) is 0 Å². The van der Waals surface area contributed by atoms with Crippen LogP contribution in [-0.2, 0) is 6.61 Å². The summed E-state index contributed by atoms with van der Waals surface area (Å²) < 4.78 is 26.5. The average Bonchev–Trinajstić information content (AvgIpc) is 2.36. The van der Waals surface area contributed by atoms with E-state index in [1.54, 1.807) is 0 Å². The van der Waals surface area contributed by atoms with E-state index in [2.05, 4.69) is 9.97 Å². The van der Waals surface area contributed by atoms with Gasteiger partial charge in [0.05, 0.1) is 5.69 Å². The molecule has 0 spiro atoms. The number of aliphatic hydroxyl groups is 1. The second-order valence-corrected chi connectivity index (χ2v) is 4.56. The molecule has 1 heterocycles. The smallest absolute Gasteiger partial charge is 0.153 e. The minimum atomic E-state index is -0.643. The van der Waals surface area contributed by atoms with Crippen LogP contribution in [0.1, 0.15) is 31.3 Å². The molecule has 0 atom stereocenters. The maximum absolute atomic E-state index is 13.3. The molecule has 0 saturated heterocycles. The first-order chi connectivity index (χ1) is 9.01. The SMILES string of the molecule is CC(C)c1nc(CO)ncc1-c1cc(F)cc(F)c1. The van der Waals surface area contributed by atoms with Gasteiger partial charge in [-0.25, -0.2) is 18.7 Å². The van der Waals surface area contributed by atoms with Crippen molar-refractivity contribution < 1.29 is 13.9 Å². The molecule has 19 heavy (non-hydrogen) atoms. The lowest BCUT2D eigenvalue weighted by Crippen LogP contribution is -2.04. The van der Waals surface area contributed by atoms with Gasteiger partial charge in [0.2, 0.25) is 0 Å². The molecule has 1 N–H and O–H groups in total. The molecule has 0 saturated carbocycles. The number of halogens is 2. The van der Waals surface area contributed by atoms with Crippen molar-refractivity contribution >= 4 is 0 Å². The second-order valence-electron chi connectivity index (χ2n) is 4.56. The first-order valence-corrected chi connectivity index (χ1v) is 5.94. The van der Waals surface area contributed by atoms with E-state index in [1.807, 2.05) is 13.8 Å². The van der Waals surface area contributed by atoms with Crippen LogP contribution in [0.5, 0.6) is 0 Å². The number of aliphatic hydroxyl groups excluding tert-OH is 1. The van der Waals surface area contributed by atoms with Crippen molar-refractivity contribution in [3.8, 4) is 11.1 Å². The number of hydrogen-bond acceptors (Lipinski definition) is 3. The molecule has 3 nitrogen and oxygen atoms in total. The van der Waals surface area contributed by atoms with Crippen molar-refractivity contribution in [1.29, 1.82) is 0 Å². The summed E-state index contributed by atoms with van der Waals surface area (Å²) in [6, 6.07) is 3.31. The zero-order chi connectivity index (χ0) is 14.0. The van der Waals surface area contributed by atoms with Gasteiger partial charge in [-0.15, -0.1) is 0 Å². The molecule has 5 heteroatoms. The van der Waals surface area contributed by atoms with Gasteiger partial charge >= 0.3 is 0 Å². The molecule has 1 aromatic carbocycles. The topological polar surface area (TPSA) is 46.0 Å². The molecule has 0 aliphatic rings. The third-order valence-corrected chi connectivity index (χ3v) is 2.73. The van der Waals surface area contributed by atoms with Crippen molar-refractivity contribution in [3.05, 3.63) is 47.5 Å². The van der Waals surface area contributed by atoms with Gasteiger partial charge in [0.25, 0.3) is 0 Å². The summed E-state index contributed by atoms with van der Waals surface area (Å²) in [5, 5.41) is 9.05. The van der Waals surface area contributed by atoms with Gasteiger partial charge in [0.1, 0.15) is 18.2 Å². The van der Waals surface area contributed by atoms with Gasteiger partial charge < -0.3 is 5.11 Å². The minimum Gasteiger partial charge on any atom is -0.388 e. The first kappa shape index (κ1) is 13.5. The van der Waals surface area contributed by atoms with Crippen LogP contribution in [0.4, 0.5) is 8.78 Å². The monoisotopic (exact) mass is 264 g/mol. The molecule has 100 valence electrons. The van der Waals surface area contributed by atoms with E-state index in [4.69, 9.17) is 5.11 Å². The Morgan fingerprint density at radius 1 is 1.16 bits per heavy atom. The highest BCUT2D eigenvalue weighted by Crippen LogP contribution is 2.28. The van der Waals surface area contributed by atoms with Crippen molar-refractivity contribution in [2.75, 3.05) is 0 Å². The highest BCUT2D eigenvalue weighted by atomic mass is 19.1. The molecule has 0 bridgehead atoms. The molecule has 0 fully saturated rings. The van der Waals surface area contributed by atoms with Crippen LogP contribution >= 0.6 is 0 Å². The summed E-state index contributed by atoms with van der Waals surface area (Å²) in [6.45, 7) is 3.57. The number of aromatic nitrogens is 2. The Morgan fingerprint density at radius 2 is 1.79 bits per heavy atom. The lowest BCUT2D eigenvalue weighted by molar-refractivity contribution is 0.270. The fourth-order valence-electron chi connectivity index (χ4n) is 1.88. The van der Waals surface area contributed by atoms with E-state index in [9.17, 15) is 8.78 Å². The number of nitrogens with zero attached hydrogens (tertiary/aromatic N) is 2. The Morgan fingerprint density at radius 3 is 2.32 bits per heavy atom. The molecular formula is C14H14F2N2O. The summed E-state index contributed by atoms with van der Waals surface area (Å²) in [5.74, 6) is -0.939. The predicted octanol–water partition coefficient (Wildman–Crippen LogP) is 3.04. The maximum Gasteiger partial charge on any atom is 0.153 e. The largest absolute Gasteiger partial charge is 0.388 e. The third-order valence-electron chi connectivity index (χ3n) is 2.73. The predicted molar refractivity (Wildman–Crippen MR) is 67.4 cm³/mol. The summed E-state index contributed by atoms with van der Waals surface area (Å²) >= 11 is 0. The van der Waals surface area contributed by atoms with Crippen LogP contribution in [0.15, 0.2) is 24.4 Å². The van der Waals surface area contributed by atoms with Crippen LogP contribution in [0.3, 0.4) is 0 Å². The molecule has 0 amide bonds. The normalized spacial score (nSPS) is 11.1. The fraction of sp³-hybridized carbons (Fsp3) is 0.286. The van der Waals surface area contributed by atoms with Gasteiger partial charge in [-0.3, -0.25) is 0 Å². The van der Waals surface area contributed by atoms with Gasteiger partial charge in [-0.05, 0) is 23.6 Å². The Hall–Kier alpha value is -1.88. The molecule has 1 aromatic heterocycles. The molecule has 0 radical (unpaired) electrons. The van der Waals surface area contributed by atoms with E-state index in [0.717, 1.165) is 6.07 Å². The Kier molecular flexibility index (Phi) is 3.85. The summed E-state index contributed by atoms with van der Waals surface area (Å²) in [4.78, 5) is 8.19. The summed E-state index contributed by atoms with van der Waals surface area (Å²) in [6.07, 6.45) is 1.49. The molecule has 0 aliphatic heterocycles. The summed E-state index contributed by atoms with van der Waals surface area (Å²) in [5.41, 5.74) is 1.63. The fourth-order valence-corrected chi connectivity index (χ4v) is 1.88. The van der Waals surface area contributed by atoms with E-state index in [1.165, 1.54) is 18.3 Å². The van der Waals surface area contributed by atoms with Crippen LogP contribution in [-0.4, -0.2) is 15.1 Å². The third kappa shape index (κ3) is 2.93. The zero-order valence-electron chi connectivity index (χ0n) is 10.7. The van der Waals surface area contributed by atoms with Gasteiger partial charge in [-0.2, -0.15) is 0 Å². The van der Waals surface area contributed by atoms with E-state index >= 15 is 0 Å². The first-order valence-electron chi connectivity index (χ1n) is 5.94. The van der Waals surface area contributed by atoms with E-state index < -0.39 is 11.6 Å². The van der Waals surface area contributed by atoms with Crippen LogP contribution in [0.25, 0.3) is 11.1 Å². The van der Waals surface area contributed by atoms with Gasteiger partial charge in [0.15, 0.2) is 5.82 Å². The minimum absolute atomic E-state index is 0.0506. The lowest BCUT2D eigenvalue weighted by Gasteiger charge is -2.12. The molecule has 2 aromatic rings. The van der Waals surface area contributed by atoms with Crippen molar-refractivity contribution in [2.45, 2.75) is 26.4 Å². The molecular weight excluding hydrogens is 250 g/mol. The van der Waals surface area contributed by atoms with E-state index in [0.29, 0.717) is 22.6 Å². The molecule has 0 aliphatic carbocycles. The quantitative estimate of drug-likeness (QED) is 0.926. The molecule has 2 rings (SSSR count). The Balaban J connectivity index is 2.60. The van der Waals surface area contributed by atoms with Gasteiger partial charge in [-0.1, -0.05) is 13.8 Å². The Labute approximate surface area is 110 Å². The standard InChI is InChI=1S/C14H14F2N2O/c1-8(2)14-12(6-17-13(7-19)18-14)9-3-10(15)5-11(16)4-9/h3-6,8,19H,7H2,1-2H3. The average molecular weight is 264 g/mol. The second kappa shape index (κ2) is 5.40. The lowest BCUT2D eigenvalue weighted by atomic mass is 9.99. The summed E-state index contributed by atoms with van der Waals surface area (Å²) in [7, 11) is 0. The van der Waals surface area contributed by atoms with Crippen molar-refractivity contribution in [2.24, 2.45) is 0 Å². The van der Waals surface area contributed by atoms with Gasteiger partial charge in [0, 0.05) is 17.8 Å². The maximum atomic E-state index is 13.3. The Bertz CT molecular complexity index is 580. The van der Waals surface area contributed by atoms with Crippen LogP contribution < -0.4 is 0 Å². The van der Waals surface area contributed by atoms with E-state index in [-0.39, 0.29) is 12.5 Å².